The zero-order valence-electron chi connectivity index (χ0n) is 9.72. The zero-order chi connectivity index (χ0) is 12.5. The molecule has 0 spiro atoms. The fraction of sp³-hybridized carbons (Fsp3) is 0.727. The molecule has 1 aromatic rings. The number of aromatic nitrogens is 2. The maximum absolute atomic E-state index is 12.5. The minimum atomic E-state index is -4.34. The van der Waals surface area contributed by atoms with Gasteiger partial charge in [0.05, 0.1) is 0 Å². The summed E-state index contributed by atoms with van der Waals surface area (Å²) in [4.78, 5) is 0. The third kappa shape index (κ3) is 3.00. The van der Waals surface area contributed by atoms with Crippen molar-refractivity contribution in [2.45, 2.75) is 25.4 Å². The molecule has 2 heterocycles. The van der Waals surface area contributed by atoms with Crippen LogP contribution in [0.5, 0.6) is 0 Å². The molecule has 96 valence electrons. The van der Waals surface area contributed by atoms with E-state index in [2.05, 4.69) is 10.4 Å². The van der Waals surface area contributed by atoms with Crippen LogP contribution in [0.2, 0.25) is 0 Å². The van der Waals surface area contributed by atoms with Crippen molar-refractivity contribution in [3.05, 3.63) is 17.5 Å². The van der Waals surface area contributed by atoms with Crippen molar-refractivity contribution in [1.82, 2.24) is 15.1 Å². The molecule has 0 radical (unpaired) electrons. The molecule has 1 aliphatic rings. The number of rotatable bonds is 2. The van der Waals surface area contributed by atoms with Crippen molar-refractivity contribution < 1.29 is 13.2 Å². The molecule has 1 aromatic heterocycles. The van der Waals surface area contributed by atoms with Crippen LogP contribution in [0.15, 0.2) is 6.07 Å². The SMILES string of the molecule is Cn1nc(C(F)(F)F)cc1CC1CCNCC1. The minimum absolute atomic E-state index is 0.465. The van der Waals surface area contributed by atoms with Gasteiger partial charge in [0.1, 0.15) is 0 Å². The molecule has 1 saturated heterocycles. The summed E-state index contributed by atoms with van der Waals surface area (Å²) in [6, 6.07) is 1.17. The molecule has 0 saturated carbocycles. The Morgan fingerprint density at radius 2 is 2.06 bits per heavy atom. The van der Waals surface area contributed by atoms with Crippen LogP contribution in [0.3, 0.4) is 0 Å². The first kappa shape index (κ1) is 12.4. The average molecular weight is 247 g/mol. The zero-order valence-corrected chi connectivity index (χ0v) is 9.72. The Bertz CT molecular complexity index is 378. The van der Waals surface area contributed by atoms with Gasteiger partial charge >= 0.3 is 6.18 Å². The van der Waals surface area contributed by atoms with Crippen molar-refractivity contribution in [2.24, 2.45) is 13.0 Å². The average Bonchev–Trinajstić information content (AvgIpc) is 2.62. The molecule has 2 rings (SSSR count). The summed E-state index contributed by atoms with van der Waals surface area (Å²) in [6.07, 6.45) is -1.62. The van der Waals surface area contributed by atoms with E-state index < -0.39 is 11.9 Å². The van der Waals surface area contributed by atoms with Crippen LogP contribution in [0, 0.1) is 5.92 Å². The highest BCUT2D eigenvalue weighted by Crippen LogP contribution is 2.29. The molecule has 0 aliphatic carbocycles. The van der Waals surface area contributed by atoms with E-state index in [1.54, 1.807) is 7.05 Å². The fourth-order valence-electron chi connectivity index (χ4n) is 2.22. The maximum Gasteiger partial charge on any atom is 0.435 e. The summed E-state index contributed by atoms with van der Waals surface area (Å²) >= 11 is 0. The van der Waals surface area contributed by atoms with E-state index in [9.17, 15) is 13.2 Å². The quantitative estimate of drug-likeness (QED) is 0.866. The van der Waals surface area contributed by atoms with Gasteiger partial charge in [0.2, 0.25) is 0 Å². The highest BCUT2D eigenvalue weighted by molar-refractivity contribution is 5.13. The molecular weight excluding hydrogens is 231 g/mol. The number of nitrogens with one attached hydrogen (secondary N) is 1. The van der Waals surface area contributed by atoms with Gasteiger partial charge in [-0.25, -0.2) is 0 Å². The molecule has 0 amide bonds. The van der Waals surface area contributed by atoms with Crippen LogP contribution in [0.4, 0.5) is 13.2 Å². The van der Waals surface area contributed by atoms with Gasteiger partial charge in [-0.05, 0) is 44.3 Å². The molecular formula is C11H16F3N3. The molecule has 6 heteroatoms. The van der Waals surface area contributed by atoms with E-state index in [0.717, 1.165) is 25.9 Å². The Hall–Kier alpha value is -1.04. The predicted octanol–water partition coefficient (Wildman–Crippen LogP) is 1.98. The number of nitrogens with zero attached hydrogens (tertiary/aromatic N) is 2. The molecule has 0 bridgehead atoms. The third-order valence-corrected chi connectivity index (χ3v) is 3.22. The van der Waals surface area contributed by atoms with Crippen LogP contribution in [0.25, 0.3) is 0 Å². The van der Waals surface area contributed by atoms with Crippen molar-refractivity contribution in [3.63, 3.8) is 0 Å². The Morgan fingerprint density at radius 1 is 1.41 bits per heavy atom. The molecule has 0 aromatic carbocycles. The van der Waals surface area contributed by atoms with Gasteiger partial charge in [-0.15, -0.1) is 0 Å². The second kappa shape index (κ2) is 4.68. The van der Waals surface area contributed by atoms with E-state index in [0.29, 0.717) is 18.0 Å². The number of hydrogen-bond donors (Lipinski definition) is 1. The summed E-state index contributed by atoms with van der Waals surface area (Å²) < 4.78 is 38.8. The van der Waals surface area contributed by atoms with E-state index in [1.807, 2.05) is 0 Å². The summed E-state index contributed by atoms with van der Waals surface area (Å²) in [7, 11) is 1.58. The molecule has 1 aliphatic heterocycles. The number of halogens is 3. The van der Waals surface area contributed by atoms with Crippen LogP contribution in [-0.4, -0.2) is 22.9 Å². The summed E-state index contributed by atoms with van der Waals surface area (Å²) in [5.74, 6) is 0.465. The van der Waals surface area contributed by atoms with Crippen molar-refractivity contribution in [1.29, 1.82) is 0 Å². The van der Waals surface area contributed by atoms with E-state index in [-0.39, 0.29) is 0 Å². The van der Waals surface area contributed by atoms with E-state index >= 15 is 0 Å². The van der Waals surface area contributed by atoms with Crippen molar-refractivity contribution in [2.75, 3.05) is 13.1 Å². The van der Waals surface area contributed by atoms with Crippen molar-refractivity contribution in [3.8, 4) is 0 Å². The van der Waals surface area contributed by atoms with Gasteiger partial charge in [-0.2, -0.15) is 18.3 Å². The van der Waals surface area contributed by atoms with Gasteiger partial charge < -0.3 is 5.32 Å². The monoisotopic (exact) mass is 247 g/mol. The normalized spacial score (nSPS) is 18.6. The first-order valence-corrected chi connectivity index (χ1v) is 5.77. The number of aryl methyl sites for hydroxylation is 1. The van der Waals surface area contributed by atoms with Gasteiger partial charge in [-0.3, -0.25) is 4.68 Å². The Kier molecular flexibility index (Phi) is 3.42. The third-order valence-electron chi connectivity index (χ3n) is 3.22. The molecule has 1 fully saturated rings. The lowest BCUT2D eigenvalue weighted by molar-refractivity contribution is -0.141. The summed E-state index contributed by atoms with van der Waals surface area (Å²) in [5, 5.41) is 6.77. The molecule has 17 heavy (non-hydrogen) atoms. The second-order valence-electron chi connectivity index (χ2n) is 4.54. The van der Waals surface area contributed by atoms with Crippen LogP contribution >= 0.6 is 0 Å². The Balaban J connectivity index is 2.07. The standard InChI is InChI=1S/C11H16F3N3/c1-17-9(6-8-2-4-15-5-3-8)7-10(16-17)11(12,13)14/h7-8,15H,2-6H2,1H3. The van der Waals surface area contributed by atoms with Gasteiger partial charge in [0, 0.05) is 12.7 Å². The first-order valence-electron chi connectivity index (χ1n) is 5.77. The van der Waals surface area contributed by atoms with Gasteiger partial charge in [0.15, 0.2) is 5.69 Å². The largest absolute Gasteiger partial charge is 0.435 e. The minimum Gasteiger partial charge on any atom is -0.317 e. The molecule has 0 atom stereocenters. The smallest absolute Gasteiger partial charge is 0.317 e. The number of piperidine rings is 1. The van der Waals surface area contributed by atoms with E-state index in [1.165, 1.54) is 10.7 Å². The first-order chi connectivity index (χ1) is 7.97. The summed E-state index contributed by atoms with van der Waals surface area (Å²) in [6.45, 7) is 1.91. The lowest BCUT2D eigenvalue weighted by atomic mass is 9.93. The number of hydrogen-bond acceptors (Lipinski definition) is 2. The van der Waals surface area contributed by atoms with Gasteiger partial charge in [0.25, 0.3) is 0 Å². The van der Waals surface area contributed by atoms with Crippen LogP contribution < -0.4 is 5.32 Å². The van der Waals surface area contributed by atoms with Gasteiger partial charge in [-0.1, -0.05) is 0 Å². The topological polar surface area (TPSA) is 29.9 Å². The predicted molar refractivity (Wildman–Crippen MR) is 57.5 cm³/mol. The highest BCUT2D eigenvalue weighted by atomic mass is 19.4. The Morgan fingerprint density at radius 3 is 2.59 bits per heavy atom. The molecule has 1 N–H and O–H groups in total. The Labute approximate surface area is 98.0 Å². The lowest BCUT2D eigenvalue weighted by Gasteiger charge is -2.22. The summed E-state index contributed by atoms with van der Waals surface area (Å²) in [5.41, 5.74) is -0.117. The molecule has 3 nitrogen and oxygen atoms in total. The van der Waals surface area contributed by atoms with Crippen molar-refractivity contribution >= 4 is 0 Å². The van der Waals surface area contributed by atoms with E-state index in [4.69, 9.17) is 0 Å². The lowest BCUT2D eigenvalue weighted by Crippen LogP contribution is -2.29. The number of alkyl halides is 3. The second-order valence-corrected chi connectivity index (χ2v) is 4.54. The molecule has 0 unspecified atom stereocenters. The maximum atomic E-state index is 12.5. The van der Waals surface area contributed by atoms with Crippen LogP contribution in [0.1, 0.15) is 24.2 Å². The van der Waals surface area contributed by atoms with Crippen LogP contribution in [-0.2, 0) is 19.6 Å². The fourth-order valence-corrected chi connectivity index (χ4v) is 2.22. The highest BCUT2D eigenvalue weighted by Gasteiger charge is 2.34.